The van der Waals surface area contributed by atoms with Crippen LogP contribution >= 0.6 is 0 Å². The molecule has 3 rings (SSSR count). The van der Waals surface area contributed by atoms with Gasteiger partial charge in [0.2, 0.25) is 0 Å². The molecule has 9 heteroatoms. The van der Waals surface area contributed by atoms with E-state index in [4.69, 9.17) is 13.9 Å². The number of hydrogen-bond acceptors (Lipinski definition) is 4. The monoisotopic (exact) mass is 439 g/mol. The Labute approximate surface area is 179 Å². The SMILES string of the molecule is Cc1ccc(CN=C(NCCc2ccco2)NCC2CCOC2)c(OCC(F)(F)F)c1. The first-order chi connectivity index (χ1) is 14.9. The van der Waals surface area contributed by atoms with Crippen LogP contribution in [0.3, 0.4) is 0 Å². The van der Waals surface area contributed by atoms with Crippen molar-refractivity contribution in [2.24, 2.45) is 10.9 Å². The zero-order valence-electron chi connectivity index (χ0n) is 17.5. The number of rotatable bonds is 9. The van der Waals surface area contributed by atoms with Crippen LogP contribution in [0.2, 0.25) is 0 Å². The molecule has 1 aliphatic heterocycles. The predicted molar refractivity (Wildman–Crippen MR) is 111 cm³/mol. The number of alkyl halides is 3. The maximum Gasteiger partial charge on any atom is 0.422 e. The van der Waals surface area contributed by atoms with Gasteiger partial charge in [0.05, 0.1) is 19.4 Å². The molecule has 31 heavy (non-hydrogen) atoms. The van der Waals surface area contributed by atoms with Crippen molar-refractivity contribution < 1.29 is 27.1 Å². The Morgan fingerprint density at radius 1 is 1.26 bits per heavy atom. The Morgan fingerprint density at radius 2 is 2.13 bits per heavy atom. The lowest BCUT2D eigenvalue weighted by molar-refractivity contribution is -0.153. The van der Waals surface area contributed by atoms with Gasteiger partial charge in [0, 0.05) is 37.6 Å². The summed E-state index contributed by atoms with van der Waals surface area (Å²) in [5.41, 5.74) is 1.41. The zero-order valence-corrected chi connectivity index (χ0v) is 17.5. The Balaban J connectivity index is 1.64. The number of aryl methyl sites for hydroxylation is 1. The first-order valence-electron chi connectivity index (χ1n) is 10.3. The summed E-state index contributed by atoms with van der Waals surface area (Å²) in [6.45, 7) is 3.43. The maximum absolute atomic E-state index is 12.6. The summed E-state index contributed by atoms with van der Waals surface area (Å²) in [7, 11) is 0. The quantitative estimate of drug-likeness (QED) is 0.459. The highest BCUT2D eigenvalue weighted by Crippen LogP contribution is 2.24. The summed E-state index contributed by atoms with van der Waals surface area (Å²) < 4.78 is 53.6. The fraction of sp³-hybridized carbons (Fsp3) is 0.500. The zero-order chi connectivity index (χ0) is 22.1. The molecule has 1 atom stereocenters. The van der Waals surface area contributed by atoms with Gasteiger partial charge in [0.1, 0.15) is 11.5 Å². The molecular weight excluding hydrogens is 411 g/mol. The van der Waals surface area contributed by atoms with Gasteiger partial charge in [-0.2, -0.15) is 13.2 Å². The summed E-state index contributed by atoms with van der Waals surface area (Å²) in [4.78, 5) is 4.57. The van der Waals surface area contributed by atoms with E-state index >= 15 is 0 Å². The average Bonchev–Trinajstić information content (AvgIpc) is 3.42. The van der Waals surface area contributed by atoms with Crippen LogP contribution in [-0.4, -0.2) is 45.0 Å². The van der Waals surface area contributed by atoms with Crippen LogP contribution in [0.15, 0.2) is 46.0 Å². The third kappa shape index (κ3) is 8.16. The minimum Gasteiger partial charge on any atom is -0.484 e. The summed E-state index contributed by atoms with van der Waals surface area (Å²) in [6.07, 6.45) is -1.10. The van der Waals surface area contributed by atoms with E-state index in [1.807, 2.05) is 18.2 Å². The van der Waals surface area contributed by atoms with Gasteiger partial charge in [-0.15, -0.1) is 0 Å². The van der Waals surface area contributed by atoms with Crippen molar-refractivity contribution in [3.63, 3.8) is 0 Å². The summed E-state index contributed by atoms with van der Waals surface area (Å²) in [5, 5.41) is 6.56. The summed E-state index contributed by atoms with van der Waals surface area (Å²) in [5.74, 6) is 2.04. The molecule has 170 valence electrons. The largest absolute Gasteiger partial charge is 0.484 e. The van der Waals surface area contributed by atoms with Crippen LogP contribution in [0, 0.1) is 12.8 Å². The molecule has 2 heterocycles. The third-order valence-electron chi connectivity index (χ3n) is 4.85. The van der Waals surface area contributed by atoms with Gasteiger partial charge in [-0.25, -0.2) is 4.99 Å². The fourth-order valence-corrected chi connectivity index (χ4v) is 3.17. The molecule has 1 aromatic heterocycles. The van der Waals surface area contributed by atoms with Gasteiger partial charge < -0.3 is 24.5 Å². The molecule has 1 unspecified atom stereocenters. The number of halogens is 3. The first kappa shape index (κ1) is 23.0. The van der Waals surface area contributed by atoms with Crippen molar-refractivity contribution in [2.45, 2.75) is 32.5 Å². The van der Waals surface area contributed by atoms with Crippen molar-refractivity contribution >= 4 is 5.96 Å². The second-order valence-electron chi connectivity index (χ2n) is 7.55. The molecule has 0 saturated carbocycles. The molecule has 1 saturated heterocycles. The van der Waals surface area contributed by atoms with Crippen molar-refractivity contribution in [3.05, 3.63) is 53.5 Å². The number of aliphatic imine (C=N–C) groups is 1. The number of ether oxygens (including phenoxy) is 2. The third-order valence-corrected chi connectivity index (χ3v) is 4.85. The van der Waals surface area contributed by atoms with Crippen LogP contribution in [0.5, 0.6) is 5.75 Å². The van der Waals surface area contributed by atoms with Gasteiger partial charge >= 0.3 is 6.18 Å². The molecule has 0 radical (unpaired) electrons. The van der Waals surface area contributed by atoms with Crippen LogP contribution in [-0.2, 0) is 17.7 Å². The van der Waals surface area contributed by atoms with Gasteiger partial charge in [-0.1, -0.05) is 12.1 Å². The van der Waals surface area contributed by atoms with Crippen molar-refractivity contribution in [3.8, 4) is 5.75 Å². The van der Waals surface area contributed by atoms with Gasteiger partial charge in [-0.3, -0.25) is 0 Å². The molecule has 1 fully saturated rings. The van der Waals surface area contributed by atoms with E-state index in [1.54, 1.807) is 25.3 Å². The van der Waals surface area contributed by atoms with E-state index in [9.17, 15) is 13.2 Å². The molecule has 0 spiro atoms. The molecule has 2 N–H and O–H groups in total. The minimum absolute atomic E-state index is 0.185. The highest BCUT2D eigenvalue weighted by Gasteiger charge is 2.28. The summed E-state index contributed by atoms with van der Waals surface area (Å²) in [6, 6.07) is 8.92. The van der Waals surface area contributed by atoms with Crippen LogP contribution in [0.25, 0.3) is 0 Å². The minimum atomic E-state index is -4.40. The van der Waals surface area contributed by atoms with E-state index in [0.29, 0.717) is 43.6 Å². The molecular formula is C22H28F3N3O3. The lowest BCUT2D eigenvalue weighted by Crippen LogP contribution is -2.40. The lowest BCUT2D eigenvalue weighted by atomic mass is 10.1. The highest BCUT2D eigenvalue weighted by molar-refractivity contribution is 5.79. The Bertz CT molecular complexity index is 832. The van der Waals surface area contributed by atoms with E-state index in [-0.39, 0.29) is 12.3 Å². The van der Waals surface area contributed by atoms with Crippen molar-refractivity contribution in [1.82, 2.24) is 10.6 Å². The van der Waals surface area contributed by atoms with Crippen LogP contribution in [0.4, 0.5) is 13.2 Å². The van der Waals surface area contributed by atoms with E-state index < -0.39 is 12.8 Å². The van der Waals surface area contributed by atoms with E-state index in [1.165, 1.54) is 0 Å². The molecule has 1 aliphatic rings. The predicted octanol–water partition coefficient (Wildman–Crippen LogP) is 3.84. The number of nitrogens with one attached hydrogen (secondary N) is 2. The lowest BCUT2D eigenvalue weighted by Gasteiger charge is -2.16. The molecule has 0 amide bonds. The number of guanidine groups is 1. The number of furan rings is 1. The Kier molecular flexibility index (Phi) is 8.22. The van der Waals surface area contributed by atoms with Gasteiger partial charge in [-0.05, 0) is 37.1 Å². The van der Waals surface area contributed by atoms with E-state index in [0.717, 1.165) is 24.4 Å². The maximum atomic E-state index is 12.6. The standard InChI is InChI=1S/C22H28F3N3O3/c1-16-4-5-18(20(11-16)31-15-22(23,24)25)13-28-21(27-12-17-7-10-29-14-17)26-8-6-19-3-2-9-30-19/h2-5,9,11,17H,6-8,10,12-15H2,1H3,(H2,26,27,28). The highest BCUT2D eigenvalue weighted by atomic mass is 19.4. The second kappa shape index (κ2) is 11.1. The van der Waals surface area contributed by atoms with Crippen LogP contribution < -0.4 is 15.4 Å². The normalized spacial score (nSPS) is 17.0. The fourth-order valence-electron chi connectivity index (χ4n) is 3.17. The van der Waals surface area contributed by atoms with Crippen molar-refractivity contribution in [2.75, 3.05) is 32.9 Å². The smallest absolute Gasteiger partial charge is 0.422 e. The van der Waals surface area contributed by atoms with Crippen molar-refractivity contribution in [1.29, 1.82) is 0 Å². The topological polar surface area (TPSA) is 68.0 Å². The summed E-state index contributed by atoms with van der Waals surface area (Å²) >= 11 is 0. The molecule has 2 aromatic rings. The first-order valence-corrected chi connectivity index (χ1v) is 10.3. The Morgan fingerprint density at radius 3 is 2.84 bits per heavy atom. The van der Waals surface area contributed by atoms with E-state index in [2.05, 4.69) is 15.6 Å². The van der Waals surface area contributed by atoms with Gasteiger partial charge in [0.15, 0.2) is 12.6 Å². The van der Waals surface area contributed by atoms with Crippen LogP contribution in [0.1, 0.15) is 23.3 Å². The molecule has 1 aromatic carbocycles. The van der Waals surface area contributed by atoms with Gasteiger partial charge in [0.25, 0.3) is 0 Å². The average molecular weight is 439 g/mol. The molecule has 6 nitrogen and oxygen atoms in total. The number of benzene rings is 1. The number of hydrogen-bond donors (Lipinski definition) is 2. The number of nitrogens with zero attached hydrogens (tertiary/aromatic N) is 1. The molecule has 0 aliphatic carbocycles. The Hall–Kier alpha value is -2.68. The molecule has 0 bridgehead atoms. The second-order valence-corrected chi connectivity index (χ2v) is 7.55.